The van der Waals surface area contributed by atoms with Crippen molar-refractivity contribution in [3.05, 3.63) is 35.9 Å². The van der Waals surface area contributed by atoms with E-state index in [0.717, 1.165) is 5.32 Å². The predicted molar refractivity (Wildman–Crippen MR) is 90.0 cm³/mol. The van der Waals surface area contributed by atoms with Crippen LogP contribution in [0, 0.1) is 0 Å². The van der Waals surface area contributed by atoms with Crippen LogP contribution < -0.4 is 0 Å². The molecule has 8 heteroatoms. The van der Waals surface area contributed by atoms with Crippen molar-refractivity contribution in [2.24, 2.45) is 0 Å². The topological polar surface area (TPSA) is 63.6 Å². The third kappa shape index (κ3) is 14.5. The Labute approximate surface area is 162 Å². The van der Waals surface area contributed by atoms with Crippen LogP contribution in [0.15, 0.2) is 30.3 Å². The van der Waals surface area contributed by atoms with Crippen LogP contribution in [0.3, 0.4) is 0 Å². The van der Waals surface area contributed by atoms with Crippen molar-refractivity contribution in [1.82, 2.24) is 0 Å². The molecular weight excluding hydrogens is 433 g/mol. The number of benzene rings is 1. The Balaban J connectivity index is 0.00000400. The van der Waals surface area contributed by atoms with Gasteiger partial charge in [0.1, 0.15) is 0 Å². The maximum absolute atomic E-state index is 10.3. The average Bonchev–Trinajstić information content (AvgIpc) is 2.41. The van der Waals surface area contributed by atoms with Gasteiger partial charge in [-0.3, -0.25) is 0 Å². The first-order valence-corrected chi connectivity index (χ1v) is 12.6. The molecule has 0 unspecified atom stereocenters. The Hall–Kier alpha value is 1.13. The summed E-state index contributed by atoms with van der Waals surface area (Å²) in [4.78, 5) is 0. The van der Waals surface area contributed by atoms with E-state index >= 15 is 0 Å². The third-order valence-corrected chi connectivity index (χ3v) is 7.58. The van der Waals surface area contributed by atoms with Crippen LogP contribution in [0.4, 0.5) is 0 Å². The number of rotatable bonds is 11. The molecular formula is C13H21NaO4SSe2. The van der Waals surface area contributed by atoms with Crippen molar-refractivity contribution in [3.8, 4) is 0 Å². The van der Waals surface area contributed by atoms with E-state index in [2.05, 4.69) is 28.4 Å². The molecule has 1 N–H and O–H groups in total. The van der Waals surface area contributed by atoms with Gasteiger partial charge in [0.25, 0.3) is 0 Å². The van der Waals surface area contributed by atoms with Crippen LogP contribution >= 0.6 is 0 Å². The van der Waals surface area contributed by atoms with E-state index in [0.29, 0.717) is 36.3 Å². The van der Waals surface area contributed by atoms with Crippen LogP contribution in [0.1, 0.15) is 18.4 Å². The fourth-order valence-corrected chi connectivity index (χ4v) is 6.48. The molecule has 1 rings (SSSR count). The summed E-state index contributed by atoms with van der Waals surface area (Å²) in [5, 5.41) is 4.78. The van der Waals surface area contributed by atoms with Gasteiger partial charge in [-0.05, 0) is 0 Å². The summed E-state index contributed by atoms with van der Waals surface area (Å²) in [6, 6.07) is 10.6. The van der Waals surface area contributed by atoms with E-state index < -0.39 is 10.4 Å². The zero-order valence-corrected chi connectivity index (χ0v) is 15.5. The van der Waals surface area contributed by atoms with Crippen LogP contribution in [-0.2, 0) is 19.9 Å². The van der Waals surface area contributed by atoms with Crippen molar-refractivity contribution in [1.29, 1.82) is 0 Å². The second-order valence-electron chi connectivity index (χ2n) is 4.11. The van der Waals surface area contributed by atoms with E-state index in [9.17, 15) is 8.42 Å². The quantitative estimate of drug-likeness (QED) is 0.315. The van der Waals surface area contributed by atoms with Crippen molar-refractivity contribution >= 4 is 69.9 Å². The second kappa shape index (κ2) is 13.6. The maximum atomic E-state index is 10.3. The Morgan fingerprint density at radius 2 is 1.62 bits per heavy atom. The SMILES string of the molecule is O=S(=O)(O)OCCC[Se]CCC[Se]Cc1ccccc1.[NaH]. The molecule has 0 saturated carbocycles. The normalized spacial score (nSPS) is 11.1. The van der Waals surface area contributed by atoms with Crippen molar-refractivity contribution < 1.29 is 17.2 Å². The van der Waals surface area contributed by atoms with Gasteiger partial charge in [0.15, 0.2) is 0 Å². The van der Waals surface area contributed by atoms with E-state index in [1.165, 1.54) is 27.9 Å². The molecule has 1 aromatic carbocycles. The Morgan fingerprint density at radius 1 is 1.00 bits per heavy atom. The molecule has 116 valence electrons. The van der Waals surface area contributed by atoms with Crippen LogP contribution in [0.25, 0.3) is 0 Å². The first-order chi connectivity index (χ1) is 9.58. The molecule has 0 aliphatic carbocycles. The number of hydrogen-bond acceptors (Lipinski definition) is 3. The minimum absolute atomic E-state index is 0. The monoisotopic (exact) mass is 456 g/mol. The van der Waals surface area contributed by atoms with Gasteiger partial charge in [0.05, 0.1) is 0 Å². The van der Waals surface area contributed by atoms with Crippen molar-refractivity contribution in [3.63, 3.8) is 0 Å². The molecule has 0 bridgehead atoms. The summed E-state index contributed by atoms with van der Waals surface area (Å²) in [7, 11) is -4.25. The standard InChI is InChI=1S/C13H20O4SSe2.Na.H/c14-18(15,16)17-8-4-9-19-10-5-11-20-12-13-6-2-1-3-7-13;;/h1-3,6-7H,4-5,8-12H2,(H,14,15,16);;. The fourth-order valence-electron chi connectivity index (χ4n) is 1.45. The summed E-state index contributed by atoms with van der Waals surface area (Å²) in [5.74, 6) is 0. The fraction of sp³-hybridized carbons (Fsp3) is 0.538. The molecule has 0 atom stereocenters. The van der Waals surface area contributed by atoms with Gasteiger partial charge in [-0.2, -0.15) is 0 Å². The first kappa shape index (κ1) is 22.1. The van der Waals surface area contributed by atoms with E-state index in [1.54, 1.807) is 0 Å². The van der Waals surface area contributed by atoms with Gasteiger partial charge in [0, 0.05) is 0 Å². The zero-order valence-electron chi connectivity index (χ0n) is 11.2. The van der Waals surface area contributed by atoms with E-state index in [1.807, 2.05) is 6.07 Å². The zero-order chi connectivity index (χ0) is 14.7. The Morgan fingerprint density at radius 3 is 2.29 bits per heavy atom. The van der Waals surface area contributed by atoms with Crippen molar-refractivity contribution in [2.45, 2.75) is 34.1 Å². The Bertz CT molecular complexity index is 456. The molecule has 0 heterocycles. The summed E-state index contributed by atoms with van der Waals surface area (Å²) < 4.78 is 33.2. The van der Waals surface area contributed by atoms with Crippen LogP contribution in [0.5, 0.6) is 0 Å². The van der Waals surface area contributed by atoms with Gasteiger partial charge in [0.2, 0.25) is 0 Å². The third-order valence-electron chi connectivity index (χ3n) is 2.35. The molecule has 0 aromatic heterocycles. The number of hydrogen-bond donors (Lipinski definition) is 1. The van der Waals surface area contributed by atoms with Crippen molar-refractivity contribution in [2.75, 3.05) is 6.61 Å². The minimum atomic E-state index is -4.25. The van der Waals surface area contributed by atoms with Gasteiger partial charge >= 0.3 is 164 Å². The molecule has 0 aliphatic heterocycles. The summed E-state index contributed by atoms with van der Waals surface area (Å²) in [6.07, 6.45) is 1.97. The molecule has 4 nitrogen and oxygen atoms in total. The summed E-state index contributed by atoms with van der Waals surface area (Å²) >= 11 is 1.25. The van der Waals surface area contributed by atoms with E-state index in [4.69, 9.17) is 4.55 Å². The molecule has 1 aromatic rings. The molecule has 0 radical (unpaired) electrons. The Kier molecular flexibility index (Phi) is 14.3. The molecule has 0 amide bonds. The average molecular weight is 454 g/mol. The second-order valence-corrected chi connectivity index (χ2v) is 10.1. The van der Waals surface area contributed by atoms with Gasteiger partial charge in [-0.1, -0.05) is 0 Å². The molecule has 0 spiro atoms. The van der Waals surface area contributed by atoms with Crippen LogP contribution in [0.2, 0.25) is 16.0 Å². The molecule has 0 fully saturated rings. The van der Waals surface area contributed by atoms with Gasteiger partial charge in [-0.25, -0.2) is 0 Å². The van der Waals surface area contributed by atoms with Crippen LogP contribution in [-0.4, -0.2) is 79.0 Å². The molecule has 21 heavy (non-hydrogen) atoms. The van der Waals surface area contributed by atoms with E-state index in [-0.39, 0.29) is 36.2 Å². The predicted octanol–water partition coefficient (Wildman–Crippen LogP) is 1.80. The molecule has 0 aliphatic rings. The van der Waals surface area contributed by atoms with Gasteiger partial charge in [-0.15, -0.1) is 0 Å². The molecule has 0 saturated heterocycles. The van der Waals surface area contributed by atoms with Gasteiger partial charge < -0.3 is 0 Å². The summed E-state index contributed by atoms with van der Waals surface area (Å²) in [5.41, 5.74) is 1.43. The summed E-state index contributed by atoms with van der Waals surface area (Å²) in [6.45, 7) is 0.0958. The first-order valence-electron chi connectivity index (χ1n) is 6.39.